The van der Waals surface area contributed by atoms with Gasteiger partial charge in [0, 0.05) is 44.0 Å². The normalized spacial score (nSPS) is 21.7. The Labute approximate surface area is 166 Å². The van der Waals surface area contributed by atoms with Crippen molar-refractivity contribution in [1.29, 1.82) is 0 Å². The van der Waals surface area contributed by atoms with E-state index in [0.717, 1.165) is 37.1 Å². The molecule has 0 radical (unpaired) electrons. The van der Waals surface area contributed by atoms with E-state index in [0.29, 0.717) is 39.0 Å². The quantitative estimate of drug-likeness (QED) is 0.632. The Hall–Kier alpha value is -1.96. The summed E-state index contributed by atoms with van der Waals surface area (Å²) in [6, 6.07) is 7.63. The summed E-state index contributed by atoms with van der Waals surface area (Å²) in [4.78, 5) is 26.1. The van der Waals surface area contributed by atoms with E-state index >= 15 is 0 Å². The highest BCUT2D eigenvalue weighted by atomic mass is 16.5. The van der Waals surface area contributed by atoms with Crippen molar-refractivity contribution < 1.29 is 24.2 Å². The van der Waals surface area contributed by atoms with E-state index in [4.69, 9.17) is 9.47 Å². The number of carbonyl (C=O) groups is 2. The van der Waals surface area contributed by atoms with Gasteiger partial charge in [0.1, 0.15) is 0 Å². The molecule has 1 aromatic carbocycles. The van der Waals surface area contributed by atoms with Crippen molar-refractivity contribution in [2.24, 2.45) is 0 Å². The number of ether oxygens (including phenoxy) is 2. The number of anilines is 1. The van der Waals surface area contributed by atoms with Gasteiger partial charge in [-0.3, -0.25) is 9.59 Å². The Morgan fingerprint density at radius 2 is 2.18 bits per heavy atom. The first-order valence-electron chi connectivity index (χ1n) is 10.2. The maximum absolute atomic E-state index is 12.5. The number of fused-ring (bicyclic) bond motifs is 1. The molecule has 2 heterocycles. The minimum absolute atomic E-state index is 0.00797. The van der Waals surface area contributed by atoms with Crippen molar-refractivity contribution in [2.75, 3.05) is 38.2 Å². The Morgan fingerprint density at radius 3 is 2.96 bits per heavy atom. The molecule has 1 saturated heterocycles. The van der Waals surface area contributed by atoms with Crippen LogP contribution in [0.5, 0.6) is 0 Å². The number of amides is 2. The highest BCUT2D eigenvalue weighted by Crippen LogP contribution is 2.32. The van der Waals surface area contributed by atoms with E-state index in [1.807, 2.05) is 24.3 Å². The average Bonchev–Trinajstić information content (AvgIpc) is 2.71. The lowest BCUT2D eigenvalue weighted by Crippen LogP contribution is -2.41. The number of benzene rings is 1. The number of hydrogen-bond donors (Lipinski definition) is 2. The third-order valence-electron chi connectivity index (χ3n) is 5.23. The first kappa shape index (κ1) is 20.8. The molecule has 2 aliphatic heterocycles. The molecule has 28 heavy (non-hydrogen) atoms. The van der Waals surface area contributed by atoms with Gasteiger partial charge in [-0.15, -0.1) is 0 Å². The Balaban J connectivity index is 1.44. The van der Waals surface area contributed by atoms with Gasteiger partial charge in [0.15, 0.2) is 0 Å². The summed E-state index contributed by atoms with van der Waals surface area (Å²) in [7, 11) is 0. The molecule has 154 valence electrons. The molecule has 2 unspecified atom stereocenters. The highest BCUT2D eigenvalue weighted by Gasteiger charge is 2.25. The maximum atomic E-state index is 12.5. The van der Waals surface area contributed by atoms with Crippen LogP contribution in [-0.4, -0.2) is 60.8 Å². The number of aliphatic hydroxyl groups is 1. The summed E-state index contributed by atoms with van der Waals surface area (Å²) >= 11 is 0. The number of aliphatic hydroxyl groups excluding tert-OH is 1. The number of rotatable bonds is 9. The van der Waals surface area contributed by atoms with Crippen LogP contribution in [0.4, 0.5) is 5.69 Å². The van der Waals surface area contributed by atoms with Crippen molar-refractivity contribution in [3.63, 3.8) is 0 Å². The van der Waals surface area contributed by atoms with Crippen LogP contribution in [0, 0.1) is 0 Å². The van der Waals surface area contributed by atoms with Crippen LogP contribution in [0.1, 0.15) is 50.2 Å². The van der Waals surface area contributed by atoms with Crippen LogP contribution in [-0.2, 0) is 19.1 Å². The summed E-state index contributed by atoms with van der Waals surface area (Å²) in [6.07, 6.45) is 4.17. The first-order chi connectivity index (χ1) is 13.7. The molecule has 2 atom stereocenters. The van der Waals surface area contributed by atoms with Crippen LogP contribution in [0.25, 0.3) is 0 Å². The molecule has 0 spiro atoms. The summed E-state index contributed by atoms with van der Waals surface area (Å²) in [6.45, 7) is 1.97. The van der Waals surface area contributed by atoms with Crippen LogP contribution in [0.15, 0.2) is 24.3 Å². The number of para-hydroxylation sites is 1. The topological polar surface area (TPSA) is 88.1 Å². The first-order valence-corrected chi connectivity index (χ1v) is 10.2. The smallest absolute Gasteiger partial charge is 0.227 e. The fraction of sp³-hybridized carbons (Fsp3) is 0.619. The van der Waals surface area contributed by atoms with E-state index < -0.39 is 0 Å². The number of hydrogen-bond acceptors (Lipinski definition) is 5. The van der Waals surface area contributed by atoms with Gasteiger partial charge < -0.3 is 24.8 Å². The fourth-order valence-electron chi connectivity index (χ4n) is 3.76. The molecular weight excluding hydrogens is 360 g/mol. The molecule has 2 N–H and O–H groups in total. The predicted molar refractivity (Wildman–Crippen MR) is 105 cm³/mol. The van der Waals surface area contributed by atoms with E-state index in [9.17, 15) is 14.7 Å². The SMILES string of the molecule is O=C1CC(OCCCC(=O)N(CCO)CC2CCCCO2)c2ccccc2N1. The van der Waals surface area contributed by atoms with Crippen LogP contribution in [0.2, 0.25) is 0 Å². The third kappa shape index (κ3) is 5.77. The standard InChI is InChI=1S/C21H30N2O5/c24-11-10-23(15-16-6-3-4-12-27-16)21(26)9-5-13-28-19-14-20(25)22-18-8-2-1-7-17(18)19/h1-2,7-8,16,19,24H,3-6,9-15H2,(H,22,25). The Morgan fingerprint density at radius 1 is 1.32 bits per heavy atom. The Bertz CT molecular complexity index is 660. The van der Waals surface area contributed by atoms with Gasteiger partial charge in [0.05, 0.1) is 25.2 Å². The zero-order valence-corrected chi connectivity index (χ0v) is 16.3. The zero-order chi connectivity index (χ0) is 19.8. The lowest BCUT2D eigenvalue weighted by atomic mass is 10.00. The molecule has 0 aliphatic carbocycles. The molecule has 0 aromatic heterocycles. The third-order valence-corrected chi connectivity index (χ3v) is 5.23. The summed E-state index contributed by atoms with van der Waals surface area (Å²) in [5, 5.41) is 12.1. The molecule has 7 nitrogen and oxygen atoms in total. The fourth-order valence-corrected chi connectivity index (χ4v) is 3.76. The molecule has 3 rings (SSSR count). The summed E-state index contributed by atoms with van der Waals surface area (Å²) in [5.41, 5.74) is 1.77. The lowest BCUT2D eigenvalue weighted by molar-refractivity contribution is -0.135. The van der Waals surface area contributed by atoms with E-state index in [1.165, 1.54) is 0 Å². The second-order valence-electron chi connectivity index (χ2n) is 7.35. The maximum Gasteiger partial charge on any atom is 0.227 e. The molecule has 0 bridgehead atoms. The second-order valence-corrected chi connectivity index (χ2v) is 7.35. The van der Waals surface area contributed by atoms with Crippen molar-refractivity contribution in [2.45, 2.75) is 50.7 Å². The second kappa shape index (κ2) is 10.5. The predicted octanol–water partition coefficient (Wildman–Crippen LogP) is 2.26. The van der Waals surface area contributed by atoms with Crippen molar-refractivity contribution in [1.82, 2.24) is 4.90 Å². The molecule has 2 amide bonds. The minimum Gasteiger partial charge on any atom is -0.395 e. The van der Waals surface area contributed by atoms with Gasteiger partial charge in [0.25, 0.3) is 0 Å². The molecule has 1 fully saturated rings. The van der Waals surface area contributed by atoms with Gasteiger partial charge in [-0.1, -0.05) is 18.2 Å². The molecule has 1 aromatic rings. The van der Waals surface area contributed by atoms with Gasteiger partial charge in [-0.05, 0) is 31.7 Å². The van der Waals surface area contributed by atoms with E-state index in [-0.39, 0.29) is 30.6 Å². The largest absolute Gasteiger partial charge is 0.395 e. The van der Waals surface area contributed by atoms with Crippen LogP contribution < -0.4 is 5.32 Å². The van der Waals surface area contributed by atoms with Gasteiger partial charge in [-0.2, -0.15) is 0 Å². The Kier molecular flexibility index (Phi) is 7.82. The number of nitrogens with zero attached hydrogens (tertiary/aromatic N) is 1. The van der Waals surface area contributed by atoms with Gasteiger partial charge >= 0.3 is 0 Å². The zero-order valence-electron chi connectivity index (χ0n) is 16.3. The molecular formula is C21H30N2O5. The molecule has 7 heteroatoms. The summed E-state index contributed by atoms with van der Waals surface area (Å²) in [5.74, 6) is -0.0463. The van der Waals surface area contributed by atoms with Gasteiger partial charge in [0.2, 0.25) is 11.8 Å². The van der Waals surface area contributed by atoms with E-state index in [2.05, 4.69) is 5.32 Å². The minimum atomic E-state index is -0.274. The van der Waals surface area contributed by atoms with Crippen molar-refractivity contribution >= 4 is 17.5 Å². The number of nitrogens with one attached hydrogen (secondary N) is 1. The van der Waals surface area contributed by atoms with Crippen LogP contribution >= 0.6 is 0 Å². The van der Waals surface area contributed by atoms with Gasteiger partial charge in [-0.25, -0.2) is 0 Å². The monoisotopic (exact) mass is 390 g/mol. The molecule has 0 saturated carbocycles. The lowest BCUT2D eigenvalue weighted by Gasteiger charge is -2.30. The summed E-state index contributed by atoms with van der Waals surface area (Å²) < 4.78 is 11.6. The van der Waals surface area contributed by atoms with Crippen molar-refractivity contribution in [3.8, 4) is 0 Å². The van der Waals surface area contributed by atoms with Crippen molar-refractivity contribution in [3.05, 3.63) is 29.8 Å². The van der Waals surface area contributed by atoms with Crippen LogP contribution in [0.3, 0.4) is 0 Å². The number of carbonyl (C=O) groups excluding carboxylic acids is 2. The molecule has 2 aliphatic rings. The van der Waals surface area contributed by atoms with E-state index in [1.54, 1.807) is 4.90 Å². The average molecular weight is 390 g/mol. The highest BCUT2D eigenvalue weighted by molar-refractivity contribution is 5.94.